The van der Waals surface area contributed by atoms with Crippen molar-refractivity contribution in [2.24, 2.45) is 0 Å². The van der Waals surface area contributed by atoms with Crippen LogP contribution >= 0.6 is 0 Å². The molecule has 1 heterocycles. The normalized spacial score (nSPS) is 9.43. The predicted molar refractivity (Wildman–Crippen MR) is 46.6 cm³/mol. The molecule has 0 spiro atoms. The van der Waals surface area contributed by atoms with Crippen molar-refractivity contribution in [3.63, 3.8) is 0 Å². The SMILES string of the molecule is C=CC(=O)OCc1cc(=O)c(O)co1. The van der Waals surface area contributed by atoms with Crippen LogP contribution in [0.25, 0.3) is 0 Å². The van der Waals surface area contributed by atoms with Crippen LogP contribution in [0.2, 0.25) is 0 Å². The zero-order valence-corrected chi connectivity index (χ0v) is 7.23. The van der Waals surface area contributed by atoms with E-state index in [-0.39, 0.29) is 12.4 Å². The van der Waals surface area contributed by atoms with Gasteiger partial charge in [0.05, 0.1) is 0 Å². The fraction of sp³-hybridized carbons (Fsp3) is 0.111. The van der Waals surface area contributed by atoms with Gasteiger partial charge >= 0.3 is 5.97 Å². The number of ether oxygens (including phenoxy) is 1. The Balaban J connectivity index is 2.69. The molecule has 0 amide bonds. The molecule has 0 saturated carbocycles. The summed E-state index contributed by atoms with van der Waals surface area (Å²) in [5.41, 5.74) is -0.582. The Bertz CT molecular complexity index is 404. The number of carbonyl (C=O) groups excluding carboxylic acids is 1. The zero-order chi connectivity index (χ0) is 10.6. The first kappa shape index (κ1) is 10.0. The molecule has 1 aromatic heterocycles. The second-order valence-corrected chi connectivity index (χ2v) is 2.41. The van der Waals surface area contributed by atoms with Gasteiger partial charge in [-0.2, -0.15) is 0 Å². The van der Waals surface area contributed by atoms with Crippen molar-refractivity contribution in [2.45, 2.75) is 6.61 Å². The van der Waals surface area contributed by atoms with E-state index in [2.05, 4.69) is 11.3 Å². The molecule has 0 aliphatic heterocycles. The van der Waals surface area contributed by atoms with Crippen molar-refractivity contribution in [2.75, 3.05) is 0 Å². The van der Waals surface area contributed by atoms with Crippen LogP contribution in [0.4, 0.5) is 0 Å². The largest absolute Gasteiger partial charge is 0.502 e. The number of aromatic hydroxyl groups is 1. The van der Waals surface area contributed by atoms with Crippen molar-refractivity contribution in [1.82, 2.24) is 0 Å². The minimum atomic E-state index is -0.610. The fourth-order valence-electron chi connectivity index (χ4n) is 0.721. The van der Waals surface area contributed by atoms with Gasteiger partial charge in [-0.25, -0.2) is 4.79 Å². The molecule has 0 radical (unpaired) electrons. The molecule has 5 heteroatoms. The molecule has 0 fully saturated rings. The second kappa shape index (κ2) is 4.27. The first-order valence-corrected chi connectivity index (χ1v) is 3.73. The maximum absolute atomic E-state index is 10.9. The van der Waals surface area contributed by atoms with Gasteiger partial charge < -0.3 is 14.3 Å². The van der Waals surface area contributed by atoms with Gasteiger partial charge in [0.15, 0.2) is 5.75 Å². The molecule has 1 N–H and O–H groups in total. The summed E-state index contributed by atoms with van der Waals surface area (Å²) in [6.45, 7) is 3.03. The third kappa shape index (κ3) is 2.48. The summed E-state index contributed by atoms with van der Waals surface area (Å²) in [6, 6.07) is 1.05. The van der Waals surface area contributed by atoms with Crippen LogP contribution in [0.15, 0.2) is 34.2 Å². The van der Waals surface area contributed by atoms with Crippen molar-refractivity contribution in [3.05, 3.63) is 41.0 Å². The second-order valence-electron chi connectivity index (χ2n) is 2.41. The van der Waals surface area contributed by atoms with Crippen molar-refractivity contribution in [3.8, 4) is 5.75 Å². The quantitative estimate of drug-likeness (QED) is 0.565. The summed E-state index contributed by atoms with van der Waals surface area (Å²) in [4.78, 5) is 21.5. The van der Waals surface area contributed by atoms with Gasteiger partial charge in [-0.1, -0.05) is 6.58 Å². The molecule has 74 valence electrons. The molecular formula is C9H8O5. The van der Waals surface area contributed by atoms with Gasteiger partial charge in [0.2, 0.25) is 5.43 Å². The van der Waals surface area contributed by atoms with Crippen LogP contribution in [0.3, 0.4) is 0 Å². The van der Waals surface area contributed by atoms with E-state index in [0.717, 1.165) is 18.4 Å². The molecular weight excluding hydrogens is 188 g/mol. The van der Waals surface area contributed by atoms with Crippen molar-refractivity contribution in [1.29, 1.82) is 0 Å². The number of esters is 1. The van der Waals surface area contributed by atoms with E-state index >= 15 is 0 Å². The Hall–Kier alpha value is -2.04. The number of hydrogen-bond donors (Lipinski definition) is 1. The minimum absolute atomic E-state index is 0.156. The van der Waals surface area contributed by atoms with Gasteiger partial charge in [0, 0.05) is 12.1 Å². The first-order valence-electron chi connectivity index (χ1n) is 3.73. The Morgan fingerprint density at radius 3 is 3.00 bits per heavy atom. The van der Waals surface area contributed by atoms with Crippen LogP contribution in [-0.4, -0.2) is 11.1 Å². The van der Waals surface area contributed by atoms with Crippen LogP contribution in [0.5, 0.6) is 5.75 Å². The van der Waals surface area contributed by atoms with E-state index < -0.39 is 17.1 Å². The zero-order valence-electron chi connectivity index (χ0n) is 7.23. The van der Waals surface area contributed by atoms with Gasteiger partial charge in [-0.3, -0.25) is 4.79 Å². The van der Waals surface area contributed by atoms with Gasteiger partial charge in [0.1, 0.15) is 18.6 Å². The van der Waals surface area contributed by atoms with Crippen molar-refractivity contribution >= 4 is 5.97 Å². The maximum atomic E-state index is 10.9. The average Bonchev–Trinajstić information content (AvgIpc) is 2.19. The molecule has 1 rings (SSSR count). The first-order chi connectivity index (χ1) is 6.63. The van der Waals surface area contributed by atoms with Crippen LogP contribution in [-0.2, 0) is 16.1 Å². The Morgan fingerprint density at radius 1 is 1.71 bits per heavy atom. The van der Waals surface area contributed by atoms with E-state index in [4.69, 9.17) is 9.52 Å². The predicted octanol–water partition coefficient (Wildman–Crippen LogP) is 0.575. The lowest BCUT2D eigenvalue weighted by atomic mass is 10.4. The molecule has 14 heavy (non-hydrogen) atoms. The molecule has 0 aliphatic carbocycles. The lowest BCUT2D eigenvalue weighted by molar-refractivity contribution is -0.139. The van der Waals surface area contributed by atoms with Gasteiger partial charge in [0.25, 0.3) is 0 Å². The summed E-state index contributed by atoms with van der Waals surface area (Å²) in [7, 11) is 0. The summed E-state index contributed by atoms with van der Waals surface area (Å²) in [5.74, 6) is -0.937. The van der Waals surface area contributed by atoms with E-state index in [1.165, 1.54) is 0 Å². The molecule has 5 nitrogen and oxygen atoms in total. The smallest absolute Gasteiger partial charge is 0.330 e. The molecule has 0 aromatic carbocycles. The Labute approximate surface area is 79.2 Å². The number of carbonyl (C=O) groups is 1. The Kier molecular flexibility index (Phi) is 3.06. The summed E-state index contributed by atoms with van der Waals surface area (Å²) >= 11 is 0. The number of hydrogen-bond acceptors (Lipinski definition) is 5. The average molecular weight is 196 g/mol. The highest BCUT2D eigenvalue weighted by Crippen LogP contribution is 2.04. The molecule has 0 bridgehead atoms. The third-order valence-electron chi connectivity index (χ3n) is 1.39. The molecule has 1 aromatic rings. The highest BCUT2D eigenvalue weighted by atomic mass is 16.5. The highest BCUT2D eigenvalue weighted by molar-refractivity contribution is 5.81. The fourth-order valence-corrected chi connectivity index (χ4v) is 0.721. The van der Waals surface area contributed by atoms with E-state index in [1.54, 1.807) is 0 Å². The molecule has 0 atom stereocenters. The summed E-state index contributed by atoms with van der Waals surface area (Å²) < 4.78 is 9.37. The molecule has 0 aliphatic rings. The van der Waals surface area contributed by atoms with E-state index in [9.17, 15) is 9.59 Å². The summed E-state index contributed by atoms with van der Waals surface area (Å²) in [5, 5.41) is 8.84. The van der Waals surface area contributed by atoms with Crippen LogP contribution < -0.4 is 5.43 Å². The monoisotopic (exact) mass is 196 g/mol. The van der Waals surface area contributed by atoms with Gasteiger partial charge in [-0.15, -0.1) is 0 Å². The highest BCUT2D eigenvalue weighted by Gasteiger charge is 2.03. The third-order valence-corrected chi connectivity index (χ3v) is 1.39. The minimum Gasteiger partial charge on any atom is -0.502 e. The topological polar surface area (TPSA) is 76.7 Å². The lowest BCUT2D eigenvalue weighted by Crippen LogP contribution is -2.04. The van der Waals surface area contributed by atoms with Crippen molar-refractivity contribution < 1.29 is 19.1 Å². The molecule has 0 unspecified atom stereocenters. The standard InChI is InChI=1S/C9H8O5/c1-2-9(12)14-4-6-3-7(10)8(11)5-13-6/h2-3,5,11H,1,4H2. The maximum Gasteiger partial charge on any atom is 0.330 e. The van der Waals surface area contributed by atoms with Crippen LogP contribution in [0.1, 0.15) is 5.76 Å². The molecule has 0 saturated heterocycles. The van der Waals surface area contributed by atoms with E-state index in [0.29, 0.717) is 0 Å². The van der Waals surface area contributed by atoms with Gasteiger partial charge in [-0.05, 0) is 0 Å². The van der Waals surface area contributed by atoms with Crippen LogP contribution in [0, 0.1) is 0 Å². The lowest BCUT2D eigenvalue weighted by Gasteiger charge is -2.00. The Morgan fingerprint density at radius 2 is 2.43 bits per heavy atom. The summed E-state index contributed by atoms with van der Waals surface area (Å²) in [6.07, 6.45) is 1.89. The number of rotatable bonds is 3. The van der Waals surface area contributed by atoms with E-state index in [1.807, 2.05) is 0 Å².